The molecule has 0 bridgehead atoms. The maximum absolute atomic E-state index is 9.62. The van der Waals surface area contributed by atoms with E-state index in [1.165, 1.54) is 5.56 Å². The highest BCUT2D eigenvalue weighted by Gasteiger charge is 2.22. The number of para-hydroxylation sites is 1. The van der Waals surface area contributed by atoms with Crippen molar-refractivity contribution in [2.45, 2.75) is 39.3 Å². The lowest BCUT2D eigenvalue weighted by Gasteiger charge is -2.31. The Hall–Kier alpha value is -2.48. The highest BCUT2D eigenvalue weighted by Crippen LogP contribution is 2.29. The fourth-order valence-corrected chi connectivity index (χ4v) is 4.72. The molecule has 7 heteroatoms. The van der Waals surface area contributed by atoms with Crippen LogP contribution >= 0.6 is 12.2 Å². The van der Waals surface area contributed by atoms with E-state index >= 15 is 0 Å². The zero-order chi connectivity index (χ0) is 22.7. The van der Waals surface area contributed by atoms with Gasteiger partial charge in [0.1, 0.15) is 5.75 Å². The van der Waals surface area contributed by atoms with E-state index in [-0.39, 0.29) is 6.61 Å². The third-order valence-corrected chi connectivity index (χ3v) is 6.58. The molecule has 6 nitrogen and oxygen atoms in total. The van der Waals surface area contributed by atoms with Crippen molar-refractivity contribution in [3.05, 3.63) is 58.9 Å². The highest BCUT2D eigenvalue weighted by molar-refractivity contribution is 7.71. The molecule has 0 spiro atoms. The van der Waals surface area contributed by atoms with Gasteiger partial charge in [-0.15, -0.1) is 5.10 Å². The SMILES string of the molecule is COc1ccc(-c2nn(CN3CCCC(CO)C3)c(=S)n2-c2ccccc2C(C)C)cc1. The van der Waals surface area contributed by atoms with Gasteiger partial charge in [0.25, 0.3) is 0 Å². The first-order valence-electron chi connectivity index (χ1n) is 11.3. The molecule has 2 aromatic carbocycles. The Morgan fingerprint density at radius 3 is 2.59 bits per heavy atom. The van der Waals surface area contributed by atoms with Crippen LogP contribution in [0.4, 0.5) is 0 Å². The molecule has 1 aliphatic rings. The molecule has 0 aliphatic carbocycles. The van der Waals surface area contributed by atoms with Crippen molar-refractivity contribution in [1.29, 1.82) is 0 Å². The van der Waals surface area contributed by atoms with Gasteiger partial charge < -0.3 is 9.84 Å². The van der Waals surface area contributed by atoms with Crippen LogP contribution < -0.4 is 4.74 Å². The Balaban J connectivity index is 1.81. The second-order valence-corrected chi connectivity index (χ2v) is 9.16. The Kier molecular flexibility index (Phi) is 7.08. The quantitative estimate of drug-likeness (QED) is 0.519. The van der Waals surface area contributed by atoms with E-state index in [9.17, 15) is 5.11 Å². The van der Waals surface area contributed by atoms with E-state index in [2.05, 4.69) is 47.6 Å². The lowest BCUT2D eigenvalue weighted by atomic mass is 10.00. The van der Waals surface area contributed by atoms with Crippen molar-refractivity contribution in [2.75, 3.05) is 26.8 Å². The minimum absolute atomic E-state index is 0.231. The fourth-order valence-electron chi connectivity index (χ4n) is 4.44. The third kappa shape index (κ3) is 4.65. The summed E-state index contributed by atoms with van der Waals surface area (Å²) in [7, 11) is 1.67. The summed E-state index contributed by atoms with van der Waals surface area (Å²) < 4.78 is 10.0. The second-order valence-electron chi connectivity index (χ2n) is 8.79. The van der Waals surface area contributed by atoms with E-state index in [1.54, 1.807) is 7.11 Å². The number of benzene rings is 2. The Morgan fingerprint density at radius 1 is 1.16 bits per heavy atom. The molecule has 1 fully saturated rings. The number of hydrogen-bond donors (Lipinski definition) is 1. The van der Waals surface area contributed by atoms with Crippen LogP contribution in [-0.2, 0) is 6.67 Å². The van der Waals surface area contributed by atoms with Crippen molar-refractivity contribution in [1.82, 2.24) is 19.2 Å². The topological polar surface area (TPSA) is 55.4 Å². The summed E-state index contributed by atoms with van der Waals surface area (Å²) in [5.74, 6) is 2.31. The summed E-state index contributed by atoms with van der Waals surface area (Å²) in [5, 5.41) is 14.6. The van der Waals surface area contributed by atoms with Gasteiger partial charge in [0.2, 0.25) is 4.77 Å². The van der Waals surface area contributed by atoms with Crippen LogP contribution in [0.3, 0.4) is 0 Å². The average molecular weight is 453 g/mol. The van der Waals surface area contributed by atoms with Crippen LogP contribution in [0.25, 0.3) is 17.1 Å². The largest absolute Gasteiger partial charge is 0.497 e. The maximum atomic E-state index is 9.62. The van der Waals surface area contributed by atoms with E-state index in [1.807, 2.05) is 28.9 Å². The average Bonchev–Trinajstić information content (AvgIpc) is 3.14. The molecule has 1 aliphatic heterocycles. The Bertz CT molecular complexity index is 1100. The summed E-state index contributed by atoms with van der Waals surface area (Å²) in [5.41, 5.74) is 3.29. The standard InChI is InChI=1S/C25H32N4O2S/c1-18(2)22-8-4-5-9-23(22)29-24(20-10-12-21(31-3)13-11-20)26-28(25(29)32)17-27-14-6-7-19(15-27)16-30/h4-5,8-13,18-19,30H,6-7,14-17H2,1-3H3. The van der Waals surface area contributed by atoms with Crippen molar-refractivity contribution in [2.24, 2.45) is 5.92 Å². The van der Waals surface area contributed by atoms with Gasteiger partial charge in [-0.1, -0.05) is 32.0 Å². The van der Waals surface area contributed by atoms with Crippen molar-refractivity contribution in [3.63, 3.8) is 0 Å². The van der Waals surface area contributed by atoms with Gasteiger partial charge >= 0.3 is 0 Å². The zero-order valence-electron chi connectivity index (χ0n) is 19.1. The first kappa shape index (κ1) is 22.7. The fraction of sp³-hybridized carbons (Fsp3) is 0.440. The smallest absolute Gasteiger partial charge is 0.204 e. The summed E-state index contributed by atoms with van der Waals surface area (Å²) in [6, 6.07) is 16.4. The number of aliphatic hydroxyl groups excluding tert-OH is 1. The molecular weight excluding hydrogens is 420 g/mol. The van der Waals surface area contributed by atoms with Gasteiger partial charge in [-0.25, -0.2) is 4.68 Å². The van der Waals surface area contributed by atoms with Crippen molar-refractivity contribution < 1.29 is 9.84 Å². The zero-order valence-corrected chi connectivity index (χ0v) is 19.9. The molecule has 1 unspecified atom stereocenters. The predicted molar refractivity (Wildman–Crippen MR) is 130 cm³/mol. The molecule has 1 saturated heterocycles. The summed E-state index contributed by atoms with van der Waals surface area (Å²) in [6.45, 7) is 7.10. The van der Waals surface area contributed by atoms with Crippen LogP contribution in [-0.4, -0.2) is 51.2 Å². The number of aromatic nitrogens is 3. The lowest BCUT2D eigenvalue weighted by Crippen LogP contribution is -2.38. The van der Waals surface area contributed by atoms with Gasteiger partial charge in [-0.05, 0) is 79.3 Å². The first-order chi connectivity index (χ1) is 15.5. The number of nitrogens with zero attached hydrogens (tertiary/aromatic N) is 4. The first-order valence-corrected chi connectivity index (χ1v) is 11.7. The van der Waals surface area contributed by atoms with E-state index in [0.717, 1.165) is 48.8 Å². The molecule has 1 atom stereocenters. The molecule has 3 aromatic rings. The molecule has 4 rings (SSSR count). The number of ether oxygens (including phenoxy) is 1. The molecule has 0 amide bonds. The van der Waals surface area contributed by atoms with Crippen LogP contribution in [0, 0.1) is 10.7 Å². The molecule has 170 valence electrons. The maximum Gasteiger partial charge on any atom is 0.204 e. The molecule has 1 aromatic heterocycles. The second kappa shape index (κ2) is 9.98. The van der Waals surface area contributed by atoms with Gasteiger partial charge in [-0.3, -0.25) is 9.47 Å². The van der Waals surface area contributed by atoms with E-state index < -0.39 is 0 Å². The van der Waals surface area contributed by atoms with Gasteiger partial charge in [0, 0.05) is 18.7 Å². The third-order valence-electron chi connectivity index (χ3n) is 6.18. The number of rotatable bonds is 7. The van der Waals surface area contributed by atoms with Crippen LogP contribution in [0.5, 0.6) is 5.75 Å². The molecule has 0 saturated carbocycles. The van der Waals surface area contributed by atoms with E-state index in [0.29, 0.717) is 23.3 Å². The Labute approximate surface area is 195 Å². The lowest BCUT2D eigenvalue weighted by molar-refractivity contribution is 0.0939. The van der Waals surface area contributed by atoms with Gasteiger partial charge in [0.15, 0.2) is 5.82 Å². The summed E-state index contributed by atoms with van der Waals surface area (Å²) >= 11 is 5.98. The summed E-state index contributed by atoms with van der Waals surface area (Å²) in [4.78, 5) is 2.34. The minimum atomic E-state index is 0.231. The van der Waals surface area contributed by atoms with Crippen LogP contribution in [0.15, 0.2) is 48.5 Å². The molecule has 1 N–H and O–H groups in total. The molecule has 2 heterocycles. The number of piperidine rings is 1. The highest BCUT2D eigenvalue weighted by atomic mass is 32.1. The van der Waals surface area contributed by atoms with Crippen molar-refractivity contribution in [3.8, 4) is 22.8 Å². The summed E-state index contributed by atoms with van der Waals surface area (Å²) in [6.07, 6.45) is 2.16. The van der Waals surface area contributed by atoms with Crippen LogP contribution in [0.1, 0.15) is 38.2 Å². The number of methoxy groups -OCH3 is 1. The van der Waals surface area contributed by atoms with Gasteiger partial charge in [0.05, 0.1) is 19.5 Å². The van der Waals surface area contributed by atoms with Crippen LogP contribution in [0.2, 0.25) is 0 Å². The van der Waals surface area contributed by atoms with Gasteiger partial charge in [-0.2, -0.15) is 0 Å². The van der Waals surface area contributed by atoms with Crippen molar-refractivity contribution >= 4 is 12.2 Å². The minimum Gasteiger partial charge on any atom is -0.497 e. The normalized spacial score (nSPS) is 17.1. The number of hydrogen-bond acceptors (Lipinski definition) is 5. The Morgan fingerprint density at radius 2 is 1.91 bits per heavy atom. The molecule has 32 heavy (non-hydrogen) atoms. The van der Waals surface area contributed by atoms with E-state index in [4.69, 9.17) is 22.1 Å². The number of likely N-dealkylation sites (tertiary alicyclic amines) is 1. The molecule has 0 radical (unpaired) electrons. The molecular formula is C25H32N4O2S. The number of aliphatic hydroxyl groups is 1. The predicted octanol–water partition coefficient (Wildman–Crippen LogP) is 4.86. The monoisotopic (exact) mass is 452 g/mol.